The van der Waals surface area contributed by atoms with Gasteiger partial charge < -0.3 is 4.90 Å². The minimum atomic E-state index is -0.427. The van der Waals surface area contributed by atoms with E-state index in [1.165, 1.54) is 0 Å². The SMILES string of the molecule is CC(C)C(=O)N1CCC(C(C#N)CCF)CC1. The van der Waals surface area contributed by atoms with E-state index in [1.54, 1.807) is 0 Å². The Kier molecular flexibility index (Phi) is 5.40. The molecule has 3 nitrogen and oxygen atoms in total. The van der Waals surface area contributed by atoms with Crippen LogP contribution in [0.15, 0.2) is 0 Å². The second-order valence-electron chi connectivity index (χ2n) is 5.03. The molecule has 1 rings (SSSR count). The smallest absolute Gasteiger partial charge is 0.225 e. The molecule has 0 aliphatic carbocycles. The molecule has 1 aliphatic heterocycles. The Morgan fingerprint density at radius 2 is 2.06 bits per heavy atom. The normalized spacial score (nSPS) is 19.1. The van der Waals surface area contributed by atoms with Crippen molar-refractivity contribution in [2.75, 3.05) is 19.8 Å². The highest BCUT2D eigenvalue weighted by atomic mass is 19.1. The quantitative estimate of drug-likeness (QED) is 0.757. The number of piperidine rings is 1. The summed E-state index contributed by atoms with van der Waals surface area (Å²) >= 11 is 0. The van der Waals surface area contributed by atoms with Crippen LogP contribution in [0.2, 0.25) is 0 Å². The number of carbonyl (C=O) groups is 1. The monoisotopic (exact) mass is 240 g/mol. The molecule has 1 fully saturated rings. The minimum absolute atomic E-state index is 0.0316. The number of nitrogens with zero attached hydrogens (tertiary/aromatic N) is 2. The van der Waals surface area contributed by atoms with Gasteiger partial charge in [-0.3, -0.25) is 9.18 Å². The highest BCUT2D eigenvalue weighted by Crippen LogP contribution is 2.27. The molecule has 0 spiro atoms. The fourth-order valence-corrected chi connectivity index (χ4v) is 2.41. The van der Waals surface area contributed by atoms with Crippen LogP contribution in [-0.2, 0) is 4.79 Å². The molecule has 0 aromatic carbocycles. The fourth-order valence-electron chi connectivity index (χ4n) is 2.41. The molecule has 0 aromatic heterocycles. The first-order chi connectivity index (χ1) is 8.10. The van der Waals surface area contributed by atoms with Gasteiger partial charge in [0.05, 0.1) is 18.7 Å². The lowest BCUT2D eigenvalue weighted by molar-refractivity contribution is -0.136. The number of hydrogen-bond acceptors (Lipinski definition) is 2. The number of carbonyl (C=O) groups excluding carboxylic acids is 1. The van der Waals surface area contributed by atoms with E-state index in [-0.39, 0.29) is 23.7 Å². The number of nitriles is 1. The second-order valence-corrected chi connectivity index (χ2v) is 5.03. The van der Waals surface area contributed by atoms with E-state index in [9.17, 15) is 9.18 Å². The minimum Gasteiger partial charge on any atom is -0.342 e. The zero-order valence-corrected chi connectivity index (χ0v) is 10.7. The molecule has 1 atom stereocenters. The Balaban J connectivity index is 2.45. The number of amides is 1. The van der Waals surface area contributed by atoms with Gasteiger partial charge in [-0.25, -0.2) is 0 Å². The average molecular weight is 240 g/mol. The third-order valence-corrected chi connectivity index (χ3v) is 3.50. The van der Waals surface area contributed by atoms with Crippen LogP contribution in [-0.4, -0.2) is 30.6 Å². The van der Waals surface area contributed by atoms with E-state index in [2.05, 4.69) is 6.07 Å². The second kappa shape index (κ2) is 6.58. The summed E-state index contributed by atoms with van der Waals surface area (Å²) in [6.07, 6.45) is 1.99. The Hall–Kier alpha value is -1.11. The molecule has 1 aliphatic rings. The zero-order valence-electron chi connectivity index (χ0n) is 10.7. The summed E-state index contributed by atoms with van der Waals surface area (Å²) in [6, 6.07) is 2.20. The predicted molar refractivity (Wildman–Crippen MR) is 63.8 cm³/mol. The zero-order chi connectivity index (χ0) is 12.8. The number of alkyl halides is 1. The molecule has 96 valence electrons. The van der Waals surface area contributed by atoms with Crippen LogP contribution in [0.5, 0.6) is 0 Å². The lowest BCUT2D eigenvalue weighted by Gasteiger charge is -2.34. The third-order valence-electron chi connectivity index (χ3n) is 3.50. The van der Waals surface area contributed by atoms with Crippen LogP contribution < -0.4 is 0 Å². The van der Waals surface area contributed by atoms with Crippen LogP contribution in [0.3, 0.4) is 0 Å². The standard InChI is InChI=1S/C13H21FN2O/c1-10(2)13(17)16-7-4-11(5-8-16)12(9-15)3-6-14/h10-12H,3-8H2,1-2H3. The van der Waals surface area contributed by atoms with Gasteiger partial charge in [0.2, 0.25) is 5.91 Å². The van der Waals surface area contributed by atoms with E-state index >= 15 is 0 Å². The molecule has 0 bridgehead atoms. The van der Waals surface area contributed by atoms with Crippen molar-refractivity contribution in [3.63, 3.8) is 0 Å². The van der Waals surface area contributed by atoms with E-state index in [0.29, 0.717) is 19.5 Å². The van der Waals surface area contributed by atoms with Gasteiger partial charge in [-0.05, 0) is 25.2 Å². The molecular weight excluding hydrogens is 219 g/mol. The molecule has 0 radical (unpaired) electrons. The molecule has 1 unspecified atom stereocenters. The van der Waals surface area contributed by atoms with E-state index in [4.69, 9.17) is 5.26 Å². The van der Waals surface area contributed by atoms with Gasteiger partial charge in [-0.15, -0.1) is 0 Å². The molecule has 4 heteroatoms. The number of rotatable bonds is 4. The Bertz CT molecular complexity index is 290. The van der Waals surface area contributed by atoms with E-state index < -0.39 is 6.67 Å². The van der Waals surface area contributed by atoms with Crippen molar-refractivity contribution in [2.45, 2.75) is 33.1 Å². The predicted octanol–water partition coefficient (Wildman–Crippen LogP) is 2.38. The van der Waals surface area contributed by atoms with Crippen molar-refractivity contribution >= 4 is 5.91 Å². The summed E-state index contributed by atoms with van der Waals surface area (Å²) in [5, 5.41) is 8.98. The number of likely N-dealkylation sites (tertiary alicyclic amines) is 1. The van der Waals surface area contributed by atoms with Gasteiger partial charge in [-0.2, -0.15) is 5.26 Å². The van der Waals surface area contributed by atoms with Gasteiger partial charge in [0.15, 0.2) is 0 Å². The maximum absolute atomic E-state index is 12.3. The first-order valence-corrected chi connectivity index (χ1v) is 6.34. The van der Waals surface area contributed by atoms with Crippen LogP contribution in [0.25, 0.3) is 0 Å². The van der Waals surface area contributed by atoms with E-state index in [1.807, 2.05) is 18.7 Å². The highest BCUT2D eigenvalue weighted by Gasteiger charge is 2.28. The maximum Gasteiger partial charge on any atom is 0.225 e. The van der Waals surface area contributed by atoms with Crippen molar-refractivity contribution < 1.29 is 9.18 Å². The third kappa shape index (κ3) is 3.69. The molecule has 0 saturated carbocycles. The molecule has 1 saturated heterocycles. The van der Waals surface area contributed by atoms with Gasteiger partial charge >= 0.3 is 0 Å². The topological polar surface area (TPSA) is 44.1 Å². The molecule has 0 aromatic rings. The first-order valence-electron chi connectivity index (χ1n) is 6.34. The Morgan fingerprint density at radius 3 is 2.47 bits per heavy atom. The van der Waals surface area contributed by atoms with Gasteiger partial charge in [0, 0.05) is 19.0 Å². The van der Waals surface area contributed by atoms with Crippen molar-refractivity contribution in [1.29, 1.82) is 5.26 Å². The van der Waals surface area contributed by atoms with Crippen molar-refractivity contribution in [3.8, 4) is 6.07 Å². The molecule has 1 amide bonds. The van der Waals surface area contributed by atoms with Crippen molar-refractivity contribution in [1.82, 2.24) is 4.90 Å². The summed E-state index contributed by atoms with van der Waals surface area (Å²) in [5.41, 5.74) is 0. The summed E-state index contributed by atoms with van der Waals surface area (Å²) in [4.78, 5) is 13.6. The van der Waals surface area contributed by atoms with Crippen LogP contribution >= 0.6 is 0 Å². The molecule has 17 heavy (non-hydrogen) atoms. The van der Waals surface area contributed by atoms with Crippen molar-refractivity contribution in [2.24, 2.45) is 17.8 Å². The largest absolute Gasteiger partial charge is 0.342 e. The van der Waals surface area contributed by atoms with Gasteiger partial charge in [0.1, 0.15) is 0 Å². The molecule has 1 heterocycles. The van der Waals surface area contributed by atoms with Crippen LogP contribution in [0.1, 0.15) is 33.1 Å². The summed E-state index contributed by atoms with van der Waals surface area (Å²) in [7, 11) is 0. The van der Waals surface area contributed by atoms with Crippen LogP contribution in [0, 0.1) is 29.1 Å². The van der Waals surface area contributed by atoms with Gasteiger partial charge in [-0.1, -0.05) is 13.8 Å². The number of hydrogen-bond donors (Lipinski definition) is 0. The maximum atomic E-state index is 12.3. The Morgan fingerprint density at radius 1 is 1.47 bits per heavy atom. The van der Waals surface area contributed by atoms with Gasteiger partial charge in [0.25, 0.3) is 0 Å². The summed E-state index contributed by atoms with van der Waals surface area (Å²) in [6.45, 7) is 4.80. The molecule has 0 N–H and O–H groups in total. The van der Waals surface area contributed by atoms with Crippen molar-refractivity contribution in [3.05, 3.63) is 0 Å². The Labute approximate surface area is 103 Å². The molecular formula is C13H21FN2O. The lowest BCUT2D eigenvalue weighted by Crippen LogP contribution is -2.41. The summed E-state index contributed by atoms with van der Waals surface area (Å²) < 4.78 is 12.3. The lowest BCUT2D eigenvalue weighted by atomic mass is 9.83. The average Bonchev–Trinajstić information content (AvgIpc) is 2.35. The summed E-state index contributed by atoms with van der Waals surface area (Å²) in [5.74, 6) is 0.287. The van der Waals surface area contributed by atoms with E-state index in [0.717, 1.165) is 12.8 Å². The highest BCUT2D eigenvalue weighted by molar-refractivity contribution is 5.78. The van der Waals surface area contributed by atoms with Crippen LogP contribution in [0.4, 0.5) is 4.39 Å². The first kappa shape index (κ1) is 14.0. The fraction of sp³-hybridized carbons (Fsp3) is 0.846. The number of halogens is 1.